The van der Waals surface area contributed by atoms with Gasteiger partial charge in [-0.1, -0.05) is 42.8 Å². The molecule has 0 saturated heterocycles. The van der Waals surface area contributed by atoms with Gasteiger partial charge >= 0.3 is 5.97 Å². The maximum absolute atomic E-state index is 12.9. The van der Waals surface area contributed by atoms with E-state index in [0.29, 0.717) is 21.8 Å². The number of carbonyl (C=O) groups is 2. The number of fused-ring (bicyclic) bond motifs is 1. The van der Waals surface area contributed by atoms with Crippen molar-refractivity contribution in [2.75, 3.05) is 6.61 Å². The van der Waals surface area contributed by atoms with Crippen LogP contribution in [-0.2, 0) is 24.7 Å². The lowest BCUT2D eigenvalue weighted by atomic mass is 10.0. The molecule has 0 saturated carbocycles. The average Bonchev–Trinajstić information content (AvgIpc) is 3.03. The second-order valence-corrected chi connectivity index (χ2v) is 7.38. The van der Waals surface area contributed by atoms with Crippen molar-refractivity contribution >= 4 is 34.4 Å². The molecule has 152 valence electrons. The first kappa shape index (κ1) is 20.9. The van der Waals surface area contributed by atoms with Crippen molar-refractivity contribution in [3.63, 3.8) is 0 Å². The molecule has 1 aromatic heterocycles. The average molecular weight is 415 g/mol. The van der Waals surface area contributed by atoms with Crippen LogP contribution in [0.1, 0.15) is 40.1 Å². The summed E-state index contributed by atoms with van der Waals surface area (Å²) in [6.45, 7) is 1.76. The largest absolute Gasteiger partial charge is 0.481 e. The third-order valence-electron chi connectivity index (χ3n) is 5.04. The number of aromatic nitrogens is 1. The van der Waals surface area contributed by atoms with E-state index >= 15 is 0 Å². The van der Waals surface area contributed by atoms with Crippen LogP contribution in [0.3, 0.4) is 0 Å². The normalized spacial score (nSPS) is 12.1. The van der Waals surface area contributed by atoms with Gasteiger partial charge in [0.25, 0.3) is 5.91 Å². The third kappa shape index (κ3) is 4.44. The Balaban J connectivity index is 1.85. The van der Waals surface area contributed by atoms with E-state index < -0.39 is 12.0 Å². The summed E-state index contributed by atoms with van der Waals surface area (Å²) in [5, 5.41) is 22.9. The number of amides is 1. The predicted molar refractivity (Wildman–Crippen MR) is 112 cm³/mol. The van der Waals surface area contributed by atoms with Gasteiger partial charge in [0.15, 0.2) is 0 Å². The van der Waals surface area contributed by atoms with Gasteiger partial charge in [-0.05, 0) is 41.3 Å². The minimum absolute atomic E-state index is 0.0765. The fourth-order valence-corrected chi connectivity index (χ4v) is 3.66. The fraction of sp³-hybridized carbons (Fsp3) is 0.273. The first-order chi connectivity index (χ1) is 13.8. The molecule has 7 heteroatoms. The summed E-state index contributed by atoms with van der Waals surface area (Å²) in [4.78, 5) is 23.7. The van der Waals surface area contributed by atoms with E-state index in [4.69, 9.17) is 16.7 Å². The SMILES string of the molecule is CCc1cc(Cl)c2cc(C(=O)NC(CO)c3ccc(CC(=O)O)cc3)n(C)c2c1. The van der Waals surface area contributed by atoms with Gasteiger partial charge in [-0.15, -0.1) is 0 Å². The van der Waals surface area contributed by atoms with E-state index in [0.717, 1.165) is 22.9 Å². The Morgan fingerprint density at radius 3 is 2.41 bits per heavy atom. The van der Waals surface area contributed by atoms with Crippen LogP contribution in [0, 0.1) is 0 Å². The molecule has 0 aliphatic heterocycles. The number of nitrogens with zero attached hydrogens (tertiary/aromatic N) is 1. The van der Waals surface area contributed by atoms with Crippen LogP contribution in [0.15, 0.2) is 42.5 Å². The van der Waals surface area contributed by atoms with Crippen LogP contribution in [0.2, 0.25) is 5.02 Å². The number of hydrogen-bond acceptors (Lipinski definition) is 3. The Morgan fingerprint density at radius 1 is 1.14 bits per heavy atom. The topological polar surface area (TPSA) is 91.6 Å². The minimum Gasteiger partial charge on any atom is -0.481 e. The molecule has 29 heavy (non-hydrogen) atoms. The van der Waals surface area contributed by atoms with E-state index in [1.165, 1.54) is 0 Å². The Kier molecular flexibility index (Phi) is 6.25. The lowest BCUT2D eigenvalue weighted by molar-refractivity contribution is -0.136. The zero-order valence-electron chi connectivity index (χ0n) is 16.3. The molecule has 1 heterocycles. The molecule has 0 aliphatic rings. The molecule has 6 nitrogen and oxygen atoms in total. The Hall–Kier alpha value is -2.83. The van der Waals surface area contributed by atoms with Crippen molar-refractivity contribution in [3.8, 4) is 0 Å². The highest BCUT2D eigenvalue weighted by Crippen LogP contribution is 2.29. The van der Waals surface area contributed by atoms with Gasteiger partial charge in [-0.3, -0.25) is 9.59 Å². The molecule has 3 rings (SSSR count). The zero-order chi connectivity index (χ0) is 21.1. The van der Waals surface area contributed by atoms with Gasteiger partial charge in [0.05, 0.1) is 29.6 Å². The van der Waals surface area contributed by atoms with Crippen molar-refractivity contribution in [2.24, 2.45) is 7.05 Å². The number of carboxylic acids is 1. The first-order valence-electron chi connectivity index (χ1n) is 9.34. The molecule has 3 N–H and O–H groups in total. The van der Waals surface area contributed by atoms with Crippen LogP contribution in [0.4, 0.5) is 0 Å². The molecule has 1 unspecified atom stereocenters. The number of hydrogen-bond donors (Lipinski definition) is 3. The van der Waals surface area contributed by atoms with Crippen LogP contribution in [0.5, 0.6) is 0 Å². The van der Waals surface area contributed by atoms with E-state index in [1.807, 2.05) is 26.1 Å². The number of aliphatic hydroxyl groups excluding tert-OH is 1. The molecule has 1 atom stereocenters. The molecule has 0 bridgehead atoms. The first-order valence-corrected chi connectivity index (χ1v) is 9.72. The van der Waals surface area contributed by atoms with Crippen LogP contribution in [-0.4, -0.2) is 33.3 Å². The van der Waals surface area contributed by atoms with Gasteiger partial charge in [0, 0.05) is 12.4 Å². The lowest BCUT2D eigenvalue weighted by Gasteiger charge is -2.17. The van der Waals surface area contributed by atoms with Gasteiger partial charge in [-0.2, -0.15) is 0 Å². The van der Waals surface area contributed by atoms with Crippen molar-refractivity contribution < 1.29 is 19.8 Å². The Morgan fingerprint density at radius 2 is 1.83 bits per heavy atom. The zero-order valence-corrected chi connectivity index (χ0v) is 17.0. The molecule has 1 amide bonds. The second-order valence-electron chi connectivity index (χ2n) is 6.97. The molecular formula is C22H23ClN2O4. The molecule has 0 aliphatic carbocycles. The molecule has 0 radical (unpaired) electrons. The quantitative estimate of drug-likeness (QED) is 0.552. The summed E-state index contributed by atoms with van der Waals surface area (Å²) in [5.74, 6) is -1.24. The van der Waals surface area contributed by atoms with Crippen molar-refractivity contribution in [3.05, 3.63) is 69.9 Å². The summed E-state index contributed by atoms with van der Waals surface area (Å²) in [7, 11) is 1.81. The van der Waals surface area contributed by atoms with Crippen LogP contribution >= 0.6 is 11.6 Å². The number of carbonyl (C=O) groups excluding carboxylic acids is 1. The van der Waals surface area contributed by atoms with E-state index in [2.05, 4.69) is 5.32 Å². The van der Waals surface area contributed by atoms with E-state index in [9.17, 15) is 14.7 Å². The van der Waals surface area contributed by atoms with E-state index in [-0.39, 0.29) is 18.9 Å². The number of rotatable bonds is 7. The van der Waals surface area contributed by atoms with Crippen molar-refractivity contribution in [1.82, 2.24) is 9.88 Å². The van der Waals surface area contributed by atoms with Crippen LogP contribution in [0.25, 0.3) is 10.9 Å². The maximum Gasteiger partial charge on any atom is 0.307 e. The molecule has 2 aromatic carbocycles. The van der Waals surface area contributed by atoms with Crippen molar-refractivity contribution in [1.29, 1.82) is 0 Å². The number of benzene rings is 2. The summed E-state index contributed by atoms with van der Waals surface area (Å²) in [5.41, 5.74) is 3.75. The number of aliphatic carboxylic acids is 1. The van der Waals surface area contributed by atoms with Gasteiger partial charge in [0.1, 0.15) is 5.69 Å². The van der Waals surface area contributed by atoms with Gasteiger partial charge in [-0.25, -0.2) is 0 Å². The number of aliphatic hydroxyl groups is 1. The number of halogens is 1. The third-order valence-corrected chi connectivity index (χ3v) is 5.35. The monoisotopic (exact) mass is 414 g/mol. The summed E-state index contributed by atoms with van der Waals surface area (Å²) in [6.07, 6.45) is 0.764. The summed E-state index contributed by atoms with van der Waals surface area (Å²) < 4.78 is 1.79. The maximum atomic E-state index is 12.9. The summed E-state index contributed by atoms with van der Waals surface area (Å²) >= 11 is 6.38. The molecular weight excluding hydrogens is 392 g/mol. The number of aryl methyl sites for hydroxylation is 2. The minimum atomic E-state index is -0.912. The van der Waals surface area contributed by atoms with Crippen molar-refractivity contribution in [2.45, 2.75) is 25.8 Å². The van der Waals surface area contributed by atoms with Gasteiger partial charge < -0.3 is 20.1 Å². The number of nitrogens with one attached hydrogen (secondary N) is 1. The van der Waals surface area contributed by atoms with Gasteiger partial charge in [0.2, 0.25) is 0 Å². The lowest BCUT2D eigenvalue weighted by Crippen LogP contribution is -2.32. The standard InChI is InChI=1S/C22H23ClN2O4/c1-3-13-8-17(23)16-11-20(25(2)19(16)9-13)22(29)24-18(12-26)15-6-4-14(5-7-15)10-21(27)28/h4-9,11,18,26H,3,10,12H2,1-2H3,(H,24,29)(H,27,28). The summed E-state index contributed by atoms with van der Waals surface area (Å²) in [6, 6.07) is 11.8. The fourth-order valence-electron chi connectivity index (χ4n) is 3.37. The molecule has 0 spiro atoms. The highest BCUT2D eigenvalue weighted by Gasteiger charge is 2.20. The Bertz CT molecular complexity index is 1060. The Labute approximate surface area is 173 Å². The van der Waals surface area contributed by atoms with E-state index in [1.54, 1.807) is 34.9 Å². The molecule has 3 aromatic rings. The highest BCUT2D eigenvalue weighted by molar-refractivity contribution is 6.35. The van der Waals surface area contributed by atoms with Crippen LogP contribution < -0.4 is 5.32 Å². The predicted octanol–water partition coefficient (Wildman–Crippen LogP) is 3.48. The number of carboxylic acid groups (broad SMARTS) is 1. The smallest absolute Gasteiger partial charge is 0.307 e. The second kappa shape index (κ2) is 8.68. The highest BCUT2D eigenvalue weighted by atomic mass is 35.5. The molecule has 0 fully saturated rings.